The Morgan fingerprint density at radius 2 is 2.07 bits per heavy atom. The third-order valence-electron chi connectivity index (χ3n) is 2.08. The Balaban J connectivity index is 2.42. The van der Waals surface area contributed by atoms with E-state index in [9.17, 15) is 0 Å². The van der Waals surface area contributed by atoms with Crippen molar-refractivity contribution in [3.63, 3.8) is 0 Å². The highest BCUT2D eigenvalue weighted by atomic mass is 32.2. The van der Waals surface area contributed by atoms with Crippen LogP contribution >= 0.6 is 11.8 Å². The van der Waals surface area contributed by atoms with Gasteiger partial charge in [0.2, 0.25) is 0 Å². The summed E-state index contributed by atoms with van der Waals surface area (Å²) in [5, 5.41) is 0. The molecule has 0 aliphatic carbocycles. The summed E-state index contributed by atoms with van der Waals surface area (Å²) in [6.07, 6.45) is 3.24. The molecular weight excluding hydrogens is 192 g/mol. The van der Waals surface area contributed by atoms with Gasteiger partial charge in [0.15, 0.2) is 0 Å². The van der Waals surface area contributed by atoms with Gasteiger partial charge < -0.3 is 4.74 Å². The molecule has 78 valence electrons. The summed E-state index contributed by atoms with van der Waals surface area (Å²) < 4.78 is 5.68. The maximum absolute atomic E-state index is 5.68. The average Bonchev–Trinajstić information content (AvgIpc) is 2.15. The second-order valence-corrected chi connectivity index (χ2v) is 4.45. The van der Waals surface area contributed by atoms with E-state index in [0.717, 1.165) is 18.8 Å². The standard InChI is InChI=1S/C12H18OS/c1-10-5-6-12(11(2)9-10)13-7-4-8-14-3/h5-6,9H,4,7-8H2,1-3H3. The van der Waals surface area contributed by atoms with Crippen LogP contribution in [-0.2, 0) is 0 Å². The highest BCUT2D eigenvalue weighted by Gasteiger charge is 1.98. The van der Waals surface area contributed by atoms with Crippen molar-refractivity contribution in [1.29, 1.82) is 0 Å². The molecule has 0 radical (unpaired) electrons. The zero-order valence-corrected chi connectivity index (χ0v) is 9.99. The number of hydrogen-bond acceptors (Lipinski definition) is 2. The molecule has 1 aromatic rings. The average molecular weight is 210 g/mol. The third kappa shape index (κ3) is 3.62. The molecule has 0 atom stereocenters. The lowest BCUT2D eigenvalue weighted by molar-refractivity contribution is 0.316. The Hall–Kier alpha value is -0.630. The topological polar surface area (TPSA) is 9.23 Å². The summed E-state index contributed by atoms with van der Waals surface area (Å²) in [5.41, 5.74) is 2.52. The van der Waals surface area contributed by atoms with Crippen molar-refractivity contribution < 1.29 is 4.74 Å². The van der Waals surface area contributed by atoms with Gasteiger partial charge in [0.05, 0.1) is 6.61 Å². The minimum absolute atomic E-state index is 0.824. The van der Waals surface area contributed by atoms with E-state index in [4.69, 9.17) is 4.74 Å². The van der Waals surface area contributed by atoms with E-state index in [0.29, 0.717) is 0 Å². The molecule has 1 rings (SSSR count). The first-order chi connectivity index (χ1) is 6.74. The zero-order chi connectivity index (χ0) is 10.4. The molecule has 0 spiro atoms. The number of benzene rings is 1. The van der Waals surface area contributed by atoms with E-state index in [1.807, 2.05) is 11.8 Å². The van der Waals surface area contributed by atoms with Gasteiger partial charge in [0.25, 0.3) is 0 Å². The van der Waals surface area contributed by atoms with E-state index in [1.54, 1.807) is 0 Å². The molecule has 14 heavy (non-hydrogen) atoms. The van der Waals surface area contributed by atoms with Crippen LogP contribution in [0.25, 0.3) is 0 Å². The second-order valence-electron chi connectivity index (χ2n) is 3.46. The first-order valence-electron chi connectivity index (χ1n) is 4.93. The quantitative estimate of drug-likeness (QED) is 0.689. The van der Waals surface area contributed by atoms with Crippen LogP contribution in [0.1, 0.15) is 17.5 Å². The van der Waals surface area contributed by atoms with Crippen molar-refractivity contribution in [3.8, 4) is 5.75 Å². The molecule has 0 heterocycles. The second kappa shape index (κ2) is 5.97. The predicted octanol–water partition coefficient (Wildman–Crippen LogP) is 3.44. The maximum Gasteiger partial charge on any atom is 0.122 e. The first kappa shape index (κ1) is 11.4. The fraction of sp³-hybridized carbons (Fsp3) is 0.500. The highest BCUT2D eigenvalue weighted by molar-refractivity contribution is 7.98. The molecule has 0 aliphatic heterocycles. The van der Waals surface area contributed by atoms with Gasteiger partial charge in [0, 0.05) is 0 Å². The molecule has 1 nitrogen and oxygen atoms in total. The largest absolute Gasteiger partial charge is 0.493 e. The van der Waals surface area contributed by atoms with Crippen LogP contribution in [0.2, 0.25) is 0 Å². The minimum atomic E-state index is 0.824. The maximum atomic E-state index is 5.68. The third-order valence-corrected chi connectivity index (χ3v) is 2.78. The Labute approximate surface area is 90.9 Å². The molecule has 0 aliphatic rings. The van der Waals surface area contributed by atoms with Crippen LogP contribution in [0.15, 0.2) is 18.2 Å². The molecule has 0 aromatic heterocycles. The van der Waals surface area contributed by atoms with E-state index >= 15 is 0 Å². The molecule has 0 saturated carbocycles. The molecule has 0 unspecified atom stereocenters. The van der Waals surface area contributed by atoms with Gasteiger partial charge in [-0.15, -0.1) is 0 Å². The van der Waals surface area contributed by atoms with Crippen molar-refractivity contribution in [3.05, 3.63) is 29.3 Å². The van der Waals surface area contributed by atoms with E-state index in [1.165, 1.54) is 16.9 Å². The van der Waals surface area contributed by atoms with E-state index < -0.39 is 0 Å². The number of hydrogen-bond donors (Lipinski definition) is 0. The minimum Gasteiger partial charge on any atom is -0.493 e. The normalized spacial score (nSPS) is 10.2. The van der Waals surface area contributed by atoms with Crippen molar-refractivity contribution in [2.75, 3.05) is 18.6 Å². The summed E-state index contributed by atoms with van der Waals surface area (Å²) in [6, 6.07) is 6.31. The molecule has 0 fully saturated rings. The van der Waals surface area contributed by atoms with Crippen LogP contribution in [0.4, 0.5) is 0 Å². The lowest BCUT2D eigenvalue weighted by Gasteiger charge is -2.08. The zero-order valence-electron chi connectivity index (χ0n) is 9.17. The Bertz CT molecular complexity index is 284. The van der Waals surface area contributed by atoms with Crippen molar-refractivity contribution in [2.24, 2.45) is 0 Å². The summed E-state index contributed by atoms with van der Waals surface area (Å²) in [4.78, 5) is 0. The number of aryl methyl sites for hydroxylation is 2. The Morgan fingerprint density at radius 1 is 1.29 bits per heavy atom. The predicted molar refractivity (Wildman–Crippen MR) is 64.4 cm³/mol. The smallest absolute Gasteiger partial charge is 0.122 e. The van der Waals surface area contributed by atoms with Gasteiger partial charge in [-0.25, -0.2) is 0 Å². The van der Waals surface area contributed by atoms with Crippen LogP contribution in [0, 0.1) is 13.8 Å². The molecule has 1 aromatic carbocycles. The van der Waals surface area contributed by atoms with E-state index in [-0.39, 0.29) is 0 Å². The van der Waals surface area contributed by atoms with Gasteiger partial charge >= 0.3 is 0 Å². The molecular formula is C12H18OS. The molecule has 2 heteroatoms. The van der Waals surface area contributed by atoms with Gasteiger partial charge in [-0.3, -0.25) is 0 Å². The fourth-order valence-corrected chi connectivity index (χ4v) is 1.75. The highest BCUT2D eigenvalue weighted by Crippen LogP contribution is 2.18. The number of ether oxygens (including phenoxy) is 1. The van der Waals surface area contributed by atoms with Crippen molar-refractivity contribution in [1.82, 2.24) is 0 Å². The summed E-state index contributed by atoms with van der Waals surface area (Å²) >= 11 is 1.86. The molecule has 0 N–H and O–H groups in total. The van der Waals surface area contributed by atoms with Gasteiger partial charge in [-0.1, -0.05) is 17.7 Å². The first-order valence-corrected chi connectivity index (χ1v) is 6.32. The van der Waals surface area contributed by atoms with Crippen molar-refractivity contribution in [2.45, 2.75) is 20.3 Å². The van der Waals surface area contributed by atoms with Crippen molar-refractivity contribution >= 4 is 11.8 Å². The van der Waals surface area contributed by atoms with Crippen LogP contribution in [0.3, 0.4) is 0 Å². The number of rotatable bonds is 5. The van der Waals surface area contributed by atoms with Gasteiger partial charge in [0.1, 0.15) is 5.75 Å². The van der Waals surface area contributed by atoms with Crippen LogP contribution in [0.5, 0.6) is 5.75 Å². The van der Waals surface area contributed by atoms with Gasteiger partial charge in [-0.05, 0) is 43.9 Å². The monoisotopic (exact) mass is 210 g/mol. The Morgan fingerprint density at radius 3 is 2.71 bits per heavy atom. The molecule has 0 amide bonds. The summed E-state index contributed by atoms with van der Waals surface area (Å²) in [5.74, 6) is 2.20. The summed E-state index contributed by atoms with van der Waals surface area (Å²) in [6.45, 7) is 5.02. The van der Waals surface area contributed by atoms with Crippen LogP contribution in [-0.4, -0.2) is 18.6 Å². The fourth-order valence-electron chi connectivity index (χ4n) is 1.35. The van der Waals surface area contributed by atoms with E-state index in [2.05, 4.69) is 38.3 Å². The van der Waals surface area contributed by atoms with Crippen LogP contribution < -0.4 is 4.74 Å². The Kier molecular flexibility index (Phi) is 4.88. The molecule has 0 saturated heterocycles. The lowest BCUT2D eigenvalue weighted by Crippen LogP contribution is -1.99. The summed E-state index contributed by atoms with van der Waals surface area (Å²) in [7, 11) is 0. The SMILES string of the molecule is CSCCCOc1ccc(C)cc1C. The lowest BCUT2D eigenvalue weighted by atomic mass is 10.1. The number of thioether (sulfide) groups is 1. The molecule has 0 bridgehead atoms. The van der Waals surface area contributed by atoms with Gasteiger partial charge in [-0.2, -0.15) is 11.8 Å².